The molecule has 144 valence electrons. The van der Waals surface area contributed by atoms with E-state index in [1.165, 1.54) is 4.88 Å². The second-order valence-electron chi connectivity index (χ2n) is 7.03. The lowest BCUT2D eigenvalue weighted by Gasteiger charge is -2.27. The lowest BCUT2D eigenvalue weighted by Crippen LogP contribution is -2.35. The second kappa shape index (κ2) is 7.69. The van der Waals surface area contributed by atoms with Gasteiger partial charge in [-0.25, -0.2) is 4.98 Å². The molecule has 6 nitrogen and oxygen atoms in total. The zero-order valence-corrected chi connectivity index (χ0v) is 16.5. The third-order valence-corrected chi connectivity index (χ3v) is 5.94. The summed E-state index contributed by atoms with van der Waals surface area (Å²) < 4.78 is 0. The van der Waals surface area contributed by atoms with E-state index in [1.54, 1.807) is 23.7 Å². The maximum absolute atomic E-state index is 12.7. The summed E-state index contributed by atoms with van der Waals surface area (Å²) in [5, 5.41) is 2.06. The number of nitrogens with one attached hydrogen (secondary N) is 1. The lowest BCUT2D eigenvalue weighted by molar-refractivity contribution is 0.239. The van der Waals surface area contributed by atoms with E-state index in [1.807, 2.05) is 36.4 Å². The summed E-state index contributed by atoms with van der Waals surface area (Å²) in [5.74, 6) is 0.584. The van der Waals surface area contributed by atoms with E-state index < -0.39 is 0 Å². The monoisotopic (exact) mass is 401 g/mol. The van der Waals surface area contributed by atoms with Crippen molar-refractivity contribution in [1.82, 2.24) is 24.8 Å². The van der Waals surface area contributed by atoms with Gasteiger partial charge in [0.05, 0.1) is 27.5 Å². The van der Waals surface area contributed by atoms with E-state index in [4.69, 9.17) is 9.97 Å². The van der Waals surface area contributed by atoms with Crippen LogP contribution in [0.4, 0.5) is 0 Å². The fourth-order valence-corrected chi connectivity index (χ4v) is 4.31. The van der Waals surface area contributed by atoms with Crippen molar-refractivity contribution >= 4 is 11.3 Å². The van der Waals surface area contributed by atoms with Gasteiger partial charge in [0.2, 0.25) is 0 Å². The molecule has 0 aromatic carbocycles. The first kappa shape index (κ1) is 17.9. The molecule has 4 aromatic heterocycles. The van der Waals surface area contributed by atoms with Crippen LogP contribution in [-0.2, 0) is 19.5 Å². The second-order valence-corrected chi connectivity index (χ2v) is 7.98. The van der Waals surface area contributed by atoms with Gasteiger partial charge in [-0.2, -0.15) is 0 Å². The van der Waals surface area contributed by atoms with E-state index in [9.17, 15) is 4.79 Å². The molecule has 0 saturated heterocycles. The molecule has 0 bridgehead atoms. The molecule has 4 aromatic rings. The highest BCUT2D eigenvalue weighted by atomic mass is 32.1. The molecule has 1 N–H and O–H groups in total. The topological polar surface area (TPSA) is 74.8 Å². The van der Waals surface area contributed by atoms with Gasteiger partial charge in [-0.1, -0.05) is 12.1 Å². The van der Waals surface area contributed by atoms with E-state index in [0.29, 0.717) is 18.9 Å². The average molecular weight is 401 g/mol. The molecule has 0 amide bonds. The van der Waals surface area contributed by atoms with Crippen LogP contribution in [0.5, 0.6) is 0 Å². The number of nitrogens with zero attached hydrogens (tertiary/aromatic N) is 4. The number of rotatable bonds is 4. The zero-order chi connectivity index (χ0) is 19.6. The van der Waals surface area contributed by atoms with Gasteiger partial charge in [0, 0.05) is 44.0 Å². The Morgan fingerprint density at radius 3 is 2.90 bits per heavy atom. The van der Waals surface area contributed by atoms with Gasteiger partial charge >= 0.3 is 0 Å². The first-order chi connectivity index (χ1) is 14.3. The van der Waals surface area contributed by atoms with Gasteiger partial charge in [0.1, 0.15) is 5.82 Å². The van der Waals surface area contributed by atoms with Crippen LogP contribution in [0, 0.1) is 0 Å². The average Bonchev–Trinajstić information content (AvgIpc) is 3.30. The number of hydrogen-bond donors (Lipinski definition) is 1. The lowest BCUT2D eigenvalue weighted by atomic mass is 10.1. The smallest absolute Gasteiger partial charge is 0.255 e. The van der Waals surface area contributed by atoms with E-state index in [-0.39, 0.29) is 5.56 Å². The Bertz CT molecular complexity index is 1190. The number of aromatic nitrogens is 4. The standard InChI is InChI=1S/C22H19N5OS/c28-22-17-14-27(13-16-5-1-6-19(24-16)20-7-3-11-29-20)10-8-18(17)25-21(26-22)15-4-2-9-23-12-15/h1-7,9,11-12H,8,10,13-14H2,(H,25,26,28). The summed E-state index contributed by atoms with van der Waals surface area (Å²) in [5.41, 5.74) is 4.39. The minimum atomic E-state index is -0.0705. The van der Waals surface area contributed by atoms with Crippen LogP contribution in [0.15, 0.2) is 65.0 Å². The maximum atomic E-state index is 12.7. The summed E-state index contributed by atoms with van der Waals surface area (Å²) in [6, 6.07) is 14.0. The van der Waals surface area contributed by atoms with Crippen molar-refractivity contribution in [2.75, 3.05) is 6.54 Å². The van der Waals surface area contributed by atoms with Gasteiger partial charge in [0.15, 0.2) is 0 Å². The summed E-state index contributed by atoms with van der Waals surface area (Å²) in [4.78, 5) is 32.7. The van der Waals surface area contributed by atoms with Crippen molar-refractivity contribution in [3.8, 4) is 22.0 Å². The van der Waals surface area contributed by atoms with Crippen LogP contribution in [0.2, 0.25) is 0 Å². The van der Waals surface area contributed by atoms with E-state index >= 15 is 0 Å². The Labute approximate surface area is 171 Å². The van der Waals surface area contributed by atoms with Gasteiger partial charge in [-0.15, -0.1) is 11.3 Å². The Kier molecular flexibility index (Phi) is 4.75. The highest BCUT2D eigenvalue weighted by Gasteiger charge is 2.22. The number of fused-ring (bicyclic) bond motifs is 1. The fourth-order valence-electron chi connectivity index (χ4n) is 3.61. The van der Waals surface area contributed by atoms with E-state index in [0.717, 1.165) is 41.2 Å². The normalized spacial score (nSPS) is 13.9. The molecule has 0 radical (unpaired) electrons. The van der Waals surface area contributed by atoms with Gasteiger partial charge in [-0.05, 0) is 35.7 Å². The van der Waals surface area contributed by atoms with Crippen LogP contribution in [0.3, 0.4) is 0 Å². The Morgan fingerprint density at radius 2 is 2.07 bits per heavy atom. The molecular formula is C22H19N5OS. The Morgan fingerprint density at radius 1 is 1.10 bits per heavy atom. The zero-order valence-electron chi connectivity index (χ0n) is 15.7. The van der Waals surface area contributed by atoms with Crippen LogP contribution in [0.1, 0.15) is 17.0 Å². The van der Waals surface area contributed by atoms with Crippen LogP contribution >= 0.6 is 11.3 Å². The molecule has 0 saturated carbocycles. The quantitative estimate of drug-likeness (QED) is 0.566. The van der Waals surface area contributed by atoms with Crippen molar-refractivity contribution in [3.63, 3.8) is 0 Å². The highest BCUT2D eigenvalue weighted by molar-refractivity contribution is 7.13. The van der Waals surface area contributed by atoms with Gasteiger partial charge < -0.3 is 4.98 Å². The molecule has 0 fully saturated rings. The third kappa shape index (κ3) is 3.74. The largest absolute Gasteiger partial charge is 0.306 e. The fraction of sp³-hybridized carbons (Fsp3) is 0.182. The SMILES string of the molecule is O=c1[nH]c(-c2cccnc2)nc2c1CN(Cc1cccc(-c3cccs3)n1)CC2. The van der Waals surface area contributed by atoms with Crippen molar-refractivity contribution in [3.05, 3.63) is 87.5 Å². The molecular weight excluding hydrogens is 382 g/mol. The molecule has 5 heterocycles. The molecule has 0 atom stereocenters. The maximum Gasteiger partial charge on any atom is 0.255 e. The molecule has 5 rings (SSSR count). The summed E-state index contributed by atoms with van der Waals surface area (Å²) >= 11 is 1.69. The highest BCUT2D eigenvalue weighted by Crippen LogP contribution is 2.24. The van der Waals surface area contributed by atoms with E-state index in [2.05, 4.69) is 26.3 Å². The Hall–Kier alpha value is -3.16. The summed E-state index contributed by atoms with van der Waals surface area (Å²) in [7, 11) is 0. The third-order valence-electron chi connectivity index (χ3n) is 5.05. The molecule has 29 heavy (non-hydrogen) atoms. The first-order valence-corrected chi connectivity index (χ1v) is 10.4. The number of thiophene rings is 1. The van der Waals surface area contributed by atoms with Gasteiger partial charge in [0.25, 0.3) is 5.56 Å². The number of hydrogen-bond acceptors (Lipinski definition) is 6. The molecule has 0 aliphatic carbocycles. The molecule has 7 heteroatoms. The molecule has 1 aliphatic rings. The molecule has 0 unspecified atom stereocenters. The van der Waals surface area contributed by atoms with Crippen molar-refractivity contribution in [2.45, 2.75) is 19.5 Å². The first-order valence-electron chi connectivity index (χ1n) is 9.51. The molecule has 0 spiro atoms. The predicted octanol–water partition coefficient (Wildman–Crippen LogP) is 3.51. The van der Waals surface area contributed by atoms with Gasteiger partial charge in [-0.3, -0.25) is 19.7 Å². The number of pyridine rings is 2. The van der Waals surface area contributed by atoms with Crippen LogP contribution in [0.25, 0.3) is 22.0 Å². The van der Waals surface area contributed by atoms with Crippen molar-refractivity contribution < 1.29 is 0 Å². The minimum absolute atomic E-state index is 0.0705. The Balaban J connectivity index is 1.37. The van der Waals surface area contributed by atoms with Crippen LogP contribution < -0.4 is 5.56 Å². The van der Waals surface area contributed by atoms with Crippen LogP contribution in [-0.4, -0.2) is 31.4 Å². The number of aromatic amines is 1. The van der Waals surface area contributed by atoms with Crippen molar-refractivity contribution in [2.24, 2.45) is 0 Å². The molecule has 1 aliphatic heterocycles. The van der Waals surface area contributed by atoms with Crippen molar-refractivity contribution in [1.29, 1.82) is 0 Å². The summed E-state index contributed by atoms with van der Waals surface area (Å²) in [6.45, 7) is 2.14. The summed E-state index contributed by atoms with van der Waals surface area (Å²) in [6.07, 6.45) is 4.17. The number of H-pyrrole nitrogens is 1. The predicted molar refractivity (Wildman–Crippen MR) is 113 cm³/mol. The minimum Gasteiger partial charge on any atom is -0.306 e.